The molecule has 3 rings (SSSR count). The fourth-order valence-corrected chi connectivity index (χ4v) is 3.43. The number of carbonyl (C=O) groups is 3. The van der Waals surface area contributed by atoms with Gasteiger partial charge in [0.05, 0.1) is 35.0 Å². The number of nitrogens with zero attached hydrogens (tertiary/aromatic N) is 1. The van der Waals surface area contributed by atoms with Crippen molar-refractivity contribution in [3.05, 3.63) is 47.5 Å². The van der Waals surface area contributed by atoms with Crippen LogP contribution in [0, 0.1) is 0 Å². The monoisotopic (exact) mass is 497 g/mol. The van der Waals surface area contributed by atoms with Crippen molar-refractivity contribution in [2.24, 2.45) is 0 Å². The second-order valence-electron chi connectivity index (χ2n) is 7.31. The predicted octanol–water partition coefficient (Wildman–Crippen LogP) is 2.46. The van der Waals surface area contributed by atoms with E-state index in [1.54, 1.807) is 10.6 Å². The van der Waals surface area contributed by atoms with Crippen molar-refractivity contribution < 1.29 is 46.5 Å². The first-order valence-corrected chi connectivity index (χ1v) is 9.97. The van der Waals surface area contributed by atoms with E-state index in [1.165, 1.54) is 58.8 Å². The Morgan fingerprint density at radius 3 is 2.06 bits per heavy atom. The van der Waals surface area contributed by atoms with Gasteiger partial charge in [0, 0.05) is 11.6 Å². The lowest BCUT2D eigenvalue weighted by Gasteiger charge is -2.30. The van der Waals surface area contributed by atoms with Crippen molar-refractivity contribution in [3.63, 3.8) is 0 Å². The van der Waals surface area contributed by atoms with Crippen LogP contribution in [0.25, 0.3) is 0 Å². The summed E-state index contributed by atoms with van der Waals surface area (Å²) >= 11 is 0. The Morgan fingerprint density at radius 2 is 1.54 bits per heavy atom. The molecule has 1 aliphatic heterocycles. The molecule has 13 heteroatoms. The van der Waals surface area contributed by atoms with Crippen LogP contribution in [-0.2, 0) is 11.3 Å². The summed E-state index contributed by atoms with van der Waals surface area (Å²) in [6.45, 7) is -0.539. The van der Waals surface area contributed by atoms with Gasteiger partial charge in [0.2, 0.25) is 0 Å². The second-order valence-corrected chi connectivity index (χ2v) is 7.31. The molecular weight excluding hydrogens is 475 g/mol. The van der Waals surface area contributed by atoms with E-state index in [2.05, 4.69) is 0 Å². The largest absolute Gasteiger partial charge is 0.497 e. The van der Waals surface area contributed by atoms with Gasteiger partial charge in [-0.2, -0.15) is 13.2 Å². The molecule has 1 fully saturated rings. The molecular formula is C22H22F3N3O7. The van der Waals surface area contributed by atoms with Crippen molar-refractivity contribution in [1.82, 2.24) is 15.5 Å². The third kappa shape index (κ3) is 4.74. The number of hydrogen-bond acceptors (Lipinski definition) is 7. The highest BCUT2D eigenvalue weighted by molar-refractivity contribution is 6.10. The summed E-state index contributed by atoms with van der Waals surface area (Å²) in [5.41, 5.74) is -3.68. The number of benzene rings is 2. The van der Waals surface area contributed by atoms with Gasteiger partial charge in [-0.1, -0.05) is 0 Å². The lowest BCUT2D eigenvalue weighted by Crippen LogP contribution is -2.69. The Labute approximate surface area is 197 Å². The van der Waals surface area contributed by atoms with Crippen LogP contribution in [0.2, 0.25) is 0 Å². The van der Waals surface area contributed by atoms with Crippen LogP contribution in [0.3, 0.4) is 0 Å². The minimum Gasteiger partial charge on any atom is -0.497 e. The molecule has 1 aliphatic rings. The number of halogens is 3. The van der Waals surface area contributed by atoms with Gasteiger partial charge in [-0.25, -0.2) is 4.79 Å². The van der Waals surface area contributed by atoms with E-state index < -0.39 is 36.2 Å². The maximum atomic E-state index is 14.2. The maximum absolute atomic E-state index is 14.2. The number of carbonyl (C=O) groups excluding carboxylic acids is 3. The third-order valence-electron chi connectivity index (χ3n) is 5.23. The van der Waals surface area contributed by atoms with Crippen molar-refractivity contribution in [1.29, 1.82) is 0 Å². The smallest absolute Gasteiger partial charge is 0.440 e. The number of alkyl halides is 3. The van der Waals surface area contributed by atoms with E-state index in [1.807, 2.05) is 0 Å². The summed E-state index contributed by atoms with van der Waals surface area (Å²) in [7, 11) is 5.35. The predicted molar refractivity (Wildman–Crippen MR) is 114 cm³/mol. The summed E-state index contributed by atoms with van der Waals surface area (Å²) < 4.78 is 62.8. The van der Waals surface area contributed by atoms with Crippen LogP contribution in [0.1, 0.15) is 15.9 Å². The average Bonchev–Trinajstić information content (AvgIpc) is 3.07. The number of nitrogens with one attached hydrogen (secondary N) is 2. The number of ether oxygens (including phenoxy) is 4. The van der Waals surface area contributed by atoms with E-state index in [0.717, 1.165) is 6.07 Å². The molecule has 1 atom stereocenters. The fourth-order valence-electron chi connectivity index (χ4n) is 3.43. The van der Waals surface area contributed by atoms with Gasteiger partial charge in [-0.05, 0) is 35.9 Å². The quantitative estimate of drug-likeness (QED) is 0.539. The second kappa shape index (κ2) is 9.60. The molecule has 35 heavy (non-hydrogen) atoms. The lowest BCUT2D eigenvalue weighted by molar-refractivity contribution is -0.200. The Hall–Kier alpha value is -4.16. The molecule has 1 heterocycles. The minimum absolute atomic E-state index is 0.0802. The number of methoxy groups -OCH3 is 4. The first kappa shape index (κ1) is 25.5. The van der Waals surface area contributed by atoms with E-state index >= 15 is 0 Å². The van der Waals surface area contributed by atoms with Gasteiger partial charge >= 0.3 is 12.2 Å². The third-order valence-corrected chi connectivity index (χ3v) is 5.23. The highest BCUT2D eigenvalue weighted by Crippen LogP contribution is 2.36. The molecule has 2 aromatic rings. The van der Waals surface area contributed by atoms with Crippen LogP contribution in [0.15, 0.2) is 36.4 Å². The number of rotatable bonds is 8. The SMILES string of the molecule is COc1cc(CN2C(=O)N[C@@](NC(=O)c3ccc(OC)c(OC)c3)(C(F)(F)F)C2=O)cc(OC)c1. The highest BCUT2D eigenvalue weighted by Gasteiger charge is 2.68. The topological polar surface area (TPSA) is 115 Å². The van der Waals surface area contributed by atoms with Gasteiger partial charge < -0.3 is 24.3 Å². The van der Waals surface area contributed by atoms with E-state index in [0.29, 0.717) is 16.4 Å². The zero-order valence-electron chi connectivity index (χ0n) is 19.1. The molecule has 2 aromatic carbocycles. The Bertz CT molecular complexity index is 1130. The van der Waals surface area contributed by atoms with Gasteiger partial charge in [-0.15, -0.1) is 0 Å². The Morgan fingerprint density at radius 1 is 0.943 bits per heavy atom. The molecule has 188 valence electrons. The van der Waals surface area contributed by atoms with Crippen LogP contribution >= 0.6 is 0 Å². The van der Waals surface area contributed by atoms with Crippen LogP contribution < -0.4 is 29.6 Å². The van der Waals surface area contributed by atoms with Gasteiger partial charge in [0.25, 0.3) is 17.5 Å². The summed E-state index contributed by atoms with van der Waals surface area (Å²) in [4.78, 5) is 38.6. The van der Waals surface area contributed by atoms with Gasteiger partial charge in [0.1, 0.15) is 11.5 Å². The van der Waals surface area contributed by atoms with Crippen molar-refractivity contribution in [3.8, 4) is 23.0 Å². The highest BCUT2D eigenvalue weighted by atomic mass is 19.4. The molecule has 0 bridgehead atoms. The average molecular weight is 497 g/mol. The number of hydrogen-bond donors (Lipinski definition) is 2. The minimum atomic E-state index is -5.37. The standard InChI is InChI=1S/C22H22F3N3O7/c1-32-14-7-12(8-15(10-14)33-2)11-28-19(30)21(22(23,24)25,27-20(28)31)26-18(29)13-5-6-16(34-3)17(9-13)35-4/h5-10H,11H2,1-4H3,(H,26,29)(H,27,31)/t21-/m1/s1. The number of amides is 4. The number of imide groups is 1. The normalized spacial score (nSPS) is 17.6. The molecule has 0 aliphatic carbocycles. The van der Waals surface area contributed by atoms with Crippen molar-refractivity contribution in [2.45, 2.75) is 18.4 Å². The molecule has 2 N–H and O–H groups in total. The first-order chi connectivity index (χ1) is 16.5. The van der Waals surface area contributed by atoms with Gasteiger partial charge in [-0.3, -0.25) is 19.8 Å². The first-order valence-electron chi connectivity index (χ1n) is 9.97. The van der Waals surface area contributed by atoms with Crippen LogP contribution in [0.5, 0.6) is 23.0 Å². The van der Waals surface area contributed by atoms with Crippen molar-refractivity contribution in [2.75, 3.05) is 28.4 Å². The van der Waals surface area contributed by atoms with Crippen LogP contribution in [-0.4, -0.2) is 63.0 Å². The molecule has 0 spiro atoms. The molecule has 10 nitrogen and oxygen atoms in total. The van der Waals surface area contributed by atoms with Crippen molar-refractivity contribution >= 4 is 17.8 Å². The molecule has 0 aromatic heterocycles. The fraction of sp³-hybridized carbons (Fsp3) is 0.318. The van der Waals surface area contributed by atoms with E-state index in [-0.39, 0.29) is 22.6 Å². The van der Waals surface area contributed by atoms with Crippen LogP contribution in [0.4, 0.5) is 18.0 Å². The molecule has 0 saturated carbocycles. The summed E-state index contributed by atoms with van der Waals surface area (Å²) in [5, 5.41) is 3.24. The maximum Gasteiger partial charge on any atom is 0.440 e. The molecule has 0 radical (unpaired) electrons. The Balaban J connectivity index is 1.94. The summed E-state index contributed by atoms with van der Waals surface area (Å²) in [5.74, 6) is -2.06. The zero-order chi connectivity index (χ0) is 26.0. The number of urea groups is 1. The summed E-state index contributed by atoms with van der Waals surface area (Å²) in [6, 6.07) is 6.66. The molecule has 0 unspecified atom stereocenters. The zero-order valence-corrected chi connectivity index (χ0v) is 19.1. The lowest BCUT2D eigenvalue weighted by atomic mass is 10.1. The Kier molecular flexibility index (Phi) is 6.99. The molecule has 1 saturated heterocycles. The van der Waals surface area contributed by atoms with E-state index in [9.17, 15) is 27.6 Å². The van der Waals surface area contributed by atoms with Gasteiger partial charge in [0.15, 0.2) is 11.5 Å². The molecule has 4 amide bonds. The summed E-state index contributed by atoms with van der Waals surface area (Å²) in [6.07, 6.45) is -5.37. The van der Waals surface area contributed by atoms with E-state index in [4.69, 9.17) is 18.9 Å².